The van der Waals surface area contributed by atoms with Crippen LogP contribution in [0.1, 0.15) is 31.9 Å². The average Bonchev–Trinajstić information content (AvgIpc) is 2.54. The Labute approximate surface area is 139 Å². The third-order valence-corrected chi connectivity index (χ3v) is 3.60. The largest absolute Gasteiger partial charge is 0.494 e. The van der Waals surface area contributed by atoms with E-state index < -0.39 is 11.6 Å². The Bertz CT molecular complexity index is 735. The van der Waals surface area contributed by atoms with Crippen LogP contribution in [0.3, 0.4) is 0 Å². The molecule has 0 spiro atoms. The molecule has 0 radical (unpaired) electrons. The Hall–Kier alpha value is -2.63. The number of benzene rings is 2. The molecule has 2 aromatic carbocycles. The van der Waals surface area contributed by atoms with Crippen LogP contribution in [0, 0.1) is 11.6 Å². The second-order valence-electron chi connectivity index (χ2n) is 5.37. The molecule has 0 aliphatic carbocycles. The third-order valence-electron chi connectivity index (χ3n) is 3.60. The number of halogens is 2. The fourth-order valence-electron chi connectivity index (χ4n) is 2.46. The molecule has 0 saturated carbocycles. The van der Waals surface area contributed by atoms with Crippen LogP contribution in [0.5, 0.6) is 5.75 Å². The molecule has 0 fully saturated rings. The van der Waals surface area contributed by atoms with Gasteiger partial charge < -0.3 is 15.4 Å². The number of rotatable bonds is 6. The quantitative estimate of drug-likeness (QED) is 0.818. The molecule has 128 valence electrons. The number of hydrogen-bond acceptors (Lipinski definition) is 3. The van der Waals surface area contributed by atoms with Gasteiger partial charge >= 0.3 is 0 Å². The average molecular weight is 334 g/mol. The van der Waals surface area contributed by atoms with Gasteiger partial charge in [-0.2, -0.15) is 0 Å². The predicted octanol–water partition coefficient (Wildman–Crippen LogP) is 4.50. The van der Waals surface area contributed by atoms with Gasteiger partial charge in [-0.3, -0.25) is 4.79 Å². The Kier molecular flexibility index (Phi) is 5.73. The van der Waals surface area contributed by atoms with Crippen molar-refractivity contribution in [2.45, 2.75) is 26.3 Å². The summed E-state index contributed by atoms with van der Waals surface area (Å²) in [5, 5.41) is 5.88. The standard InChI is InChI=1S/C18H20F2N2O2/c1-4-16(14-7-5-12(19)9-15(14)20)22-13-6-8-17(21-11(2)23)18(10-13)24-3/h5-10,16,22H,4H2,1-3H3,(H,21,23). The van der Waals surface area contributed by atoms with E-state index in [1.54, 1.807) is 18.2 Å². The number of hydrogen-bond donors (Lipinski definition) is 2. The van der Waals surface area contributed by atoms with Crippen LogP contribution in [0.4, 0.5) is 20.2 Å². The number of anilines is 2. The van der Waals surface area contributed by atoms with Crippen molar-refractivity contribution < 1.29 is 18.3 Å². The van der Waals surface area contributed by atoms with Gasteiger partial charge in [0.1, 0.15) is 17.4 Å². The lowest BCUT2D eigenvalue weighted by Gasteiger charge is -2.20. The molecule has 4 nitrogen and oxygen atoms in total. The highest BCUT2D eigenvalue weighted by atomic mass is 19.1. The van der Waals surface area contributed by atoms with Gasteiger partial charge in [0.25, 0.3) is 0 Å². The summed E-state index contributed by atoms with van der Waals surface area (Å²) in [4.78, 5) is 11.2. The first-order chi connectivity index (χ1) is 11.4. The number of carbonyl (C=O) groups excluding carboxylic acids is 1. The van der Waals surface area contributed by atoms with Crippen molar-refractivity contribution in [1.29, 1.82) is 0 Å². The predicted molar refractivity (Wildman–Crippen MR) is 90.3 cm³/mol. The lowest BCUT2D eigenvalue weighted by Crippen LogP contribution is -2.12. The van der Waals surface area contributed by atoms with E-state index in [0.717, 1.165) is 6.07 Å². The van der Waals surface area contributed by atoms with Crippen molar-refractivity contribution in [3.63, 3.8) is 0 Å². The molecule has 0 aliphatic heterocycles. The Balaban J connectivity index is 2.26. The minimum absolute atomic E-state index is 0.200. The topological polar surface area (TPSA) is 50.4 Å². The van der Waals surface area contributed by atoms with Gasteiger partial charge in [0.15, 0.2) is 0 Å². The molecule has 2 rings (SSSR count). The van der Waals surface area contributed by atoms with Crippen molar-refractivity contribution >= 4 is 17.3 Å². The molecule has 24 heavy (non-hydrogen) atoms. The first-order valence-corrected chi connectivity index (χ1v) is 7.61. The van der Waals surface area contributed by atoms with E-state index >= 15 is 0 Å². The van der Waals surface area contributed by atoms with Crippen molar-refractivity contribution in [3.8, 4) is 5.75 Å². The summed E-state index contributed by atoms with van der Waals surface area (Å²) in [5.74, 6) is -0.901. The Morgan fingerprint density at radius 2 is 1.96 bits per heavy atom. The Morgan fingerprint density at radius 1 is 1.21 bits per heavy atom. The number of amides is 1. The molecule has 0 heterocycles. The molecule has 0 bridgehead atoms. The van der Waals surface area contributed by atoms with Crippen LogP contribution in [-0.4, -0.2) is 13.0 Å². The summed E-state index contributed by atoms with van der Waals surface area (Å²) in [7, 11) is 1.50. The monoisotopic (exact) mass is 334 g/mol. The zero-order valence-electron chi connectivity index (χ0n) is 13.8. The molecule has 1 amide bonds. The summed E-state index contributed by atoms with van der Waals surface area (Å²) >= 11 is 0. The molecular weight excluding hydrogens is 314 g/mol. The summed E-state index contributed by atoms with van der Waals surface area (Å²) in [6, 6.07) is 8.42. The molecule has 2 N–H and O–H groups in total. The van der Waals surface area contributed by atoms with E-state index in [4.69, 9.17) is 4.74 Å². The molecule has 0 aliphatic rings. The van der Waals surface area contributed by atoms with Gasteiger partial charge in [0, 0.05) is 30.3 Å². The van der Waals surface area contributed by atoms with Gasteiger partial charge in [-0.15, -0.1) is 0 Å². The van der Waals surface area contributed by atoms with E-state index in [2.05, 4.69) is 10.6 Å². The summed E-state index contributed by atoms with van der Waals surface area (Å²) in [6.45, 7) is 3.32. The minimum Gasteiger partial charge on any atom is -0.494 e. The maximum atomic E-state index is 14.0. The molecule has 0 aromatic heterocycles. The first kappa shape index (κ1) is 17.7. The maximum absolute atomic E-state index is 14.0. The number of ether oxygens (including phenoxy) is 1. The summed E-state index contributed by atoms with van der Waals surface area (Å²) in [5.41, 5.74) is 1.65. The number of methoxy groups -OCH3 is 1. The first-order valence-electron chi connectivity index (χ1n) is 7.61. The van der Waals surface area contributed by atoms with Crippen molar-refractivity contribution in [1.82, 2.24) is 0 Å². The molecule has 6 heteroatoms. The lowest BCUT2D eigenvalue weighted by atomic mass is 10.0. The normalized spacial score (nSPS) is 11.7. The Morgan fingerprint density at radius 3 is 2.54 bits per heavy atom. The van der Waals surface area contributed by atoms with Crippen LogP contribution >= 0.6 is 0 Å². The van der Waals surface area contributed by atoms with Crippen LogP contribution in [0.15, 0.2) is 36.4 Å². The van der Waals surface area contributed by atoms with E-state index in [9.17, 15) is 13.6 Å². The van der Waals surface area contributed by atoms with Gasteiger partial charge in [0.2, 0.25) is 5.91 Å². The number of carbonyl (C=O) groups is 1. The molecule has 1 unspecified atom stereocenters. The van der Waals surface area contributed by atoms with Gasteiger partial charge in [-0.1, -0.05) is 13.0 Å². The van der Waals surface area contributed by atoms with Crippen molar-refractivity contribution in [2.75, 3.05) is 17.7 Å². The molecule has 1 atom stereocenters. The smallest absolute Gasteiger partial charge is 0.221 e. The van der Waals surface area contributed by atoms with Gasteiger partial charge in [-0.05, 0) is 24.6 Å². The van der Waals surface area contributed by atoms with Crippen molar-refractivity contribution in [3.05, 3.63) is 53.6 Å². The molecule has 0 saturated heterocycles. The van der Waals surface area contributed by atoms with Gasteiger partial charge in [-0.25, -0.2) is 8.78 Å². The van der Waals surface area contributed by atoms with Crippen LogP contribution in [0.25, 0.3) is 0 Å². The van der Waals surface area contributed by atoms with E-state index in [0.29, 0.717) is 29.1 Å². The summed E-state index contributed by atoms with van der Waals surface area (Å²) < 4.78 is 32.3. The van der Waals surface area contributed by atoms with Crippen LogP contribution in [-0.2, 0) is 4.79 Å². The highest BCUT2D eigenvalue weighted by Gasteiger charge is 2.15. The van der Waals surface area contributed by atoms with E-state index in [1.807, 2.05) is 6.92 Å². The van der Waals surface area contributed by atoms with Crippen molar-refractivity contribution in [2.24, 2.45) is 0 Å². The minimum atomic E-state index is -0.604. The number of nitrogens with one attached hydrogen (secondary N) is 2. The zero-order chi connectivity index (χ0) is 17.7. The van der Waals surface area contributed by atoms with Crippen LogP contribution < -0.4 is 15.4 Å². The second-order valence-corrected chi connectivity index (χ2v) is 5.37. The fraction of sp³-hybridized carbons (Fsp3) is 0.278. The highest BCUT2D eigenvalue weighted by Crippen LogP contribution is 2.31. The second kappa shape index (κ2) is 7.77. The van der Waals surface area contributed by atoms with Crippen LogP contribution in [0.2, 0.25) is 0 Å². The van der Waals surface area contributed by atoms with Gasteiger partial charge in [0.05, 0.1) is 18.8 Å². The zero-order valence-corrected chi connectivity index (χ0v) is 13.8. The van der Waals surface area contributed by atoms with E-state index in [1.165, 1.54) is 26.2 Å². The highest BCUT2D eigenvalue weighted by molar-refractivity contribution is 5.90. The van der Waals surface area contributed by atoms with E-state index in [-0.39, 0.29) is 11.9 Å². The lowest BCUT2D eigenvalue weighted by molar-refractivity contribution is -0.114. The third kappa shape index (κ3) is 4.22. The molecular formula is C18H20F2N2O2. The SMILES string of the molecule is CCC(Nc1ccc(NC(C)=O)c(OC)c1)c1ccc(F)cc1F. The summed E-state index contributed by atoms with van der Waals surface area (Å²) in [6.07, 6.45) is 0.609. The molecule has 2 aromatic rings. The maximum Gasteiger partial charge on any atom is 0.221 e. The fourth-order valence-corrected chi connectivity index (χ4v) is 2.46.